The van der Waals surface area contributed by atoms with Crippen molar-refractivity contribution in [3.05, 3.63) is 72.1 Å². The molecule has 56 heavy (non-hydrogen) atoms. The van der Waals surface area contributed by atoms with Gasteiger partial charge in [0.25, 0.3) is 0 Å². The molecule has 4 heterocycles. The third kappa shape index (κ3) is 7.95. The van der Waals surface area contributed by atoms with Crippen LogP contribution in [0.1, 0.15) is 77.1 Å². The van der Waals surface area contributed by atoms with E-state index >= 15 is 8.78 Å². The van der Waals surface area contributed by atoms with Crippen LogP contribution in [0.5, 0.6) is 0 Å². The molecule has 0 saturated carbocycles. The molecule has 4 aromatic rings. The van der Waals surface area contributed by atoms with E-state index in [-0.39, 0.29) is 40.8 Å². The number of carboxylic acid groups (broad SMARTS) is 1. The lowest BCUT2D eigenvalue weighted by molar-refractivity contribution is -0.138. The molecule has 16 heteroatoms. The molecule has 2 fully saturated rings. The largest absolute Gasteiger partial charge is 0.465 e. The minimum atomic E-state index is -1.19. The average Bonchev–Trinajstić information content (AvgIpc) is 4.00. The molecule has 2 aliphatic rings. The molecular weight excluding hydrogens is 726 g/mol. The fourth-order valence-corrected chi connectivity index (χ4v) is 7.81. The van der Waals surface area contributed by atoms with Crippen LogP contribution in [0.4, 0.5) is 18.4 Å². The molecule has 6 rings (SSSR count). The Labute approximate surface area is 323 Å². The summed E-state index contributed by atoms with van der Waals surface area (Å²) in [5.41, 5.74) is 2.24. The van der Waals surface area contributed by atoms with Gasteiger partial charge in [0, 0.05) is 31.3 Å². The zero-order chi connectivity index (χ0) is 40.4. The Balaban J connectivity index is 1.16. The van der Waals surface area contributed by atoms with Crippen LogP contribution in [-0.4, -0.2) is 103 Å². The van der Waals surface area contributed by atoms with Crippen LogP contribution >= 0.6 is 0 Å². The van der Waals surface area contributed by atoms with E-state index in [1.165, 1.54) is 38.7 Å². The van der Waals surface area contributed by atoms with Gasteiger partial charge in [-0.25, -0.2) is 28.3 Å². The number of rotatable bonds is 11. The highest BCUT2D eigenvalue weighted by Crippen LogP contribution is 2.36. The molecule has 2 aliphatic heterocycles. The summed E-state index contributed by atoms with van der Waals surface area (Å²) in [6, 6.07) is 6.77. The molecule has 4 atom stereocenters. The van der Waals surface area contributed by atoms with Crippen LogP contribution in [0.15, 0.2) is 48.8 Å². The standard InChI is InChI=1S/C40H48F2N8O6/c1-21(2)33(47-39(53)56-6)37(51)49-15-7-9-31(49)35-43-19-29(45-35)25-13-11-23(17-27(25)41)24-12-14-26(28(42)18-24)30-20-44-36(46-30)32-10-8-16-50(32)38(52)34(22(3)4)48(5)40(54)55/h11-14,17-22,31-34H,7-10,15-16H2,1-6H3,(H,43,45)(H,44,46)(H,47,53)(H,54,55)/t31?,32-,33-,34-/m0/s1. The lowest BCUT2D eigenvalue weighted by atomic mass is 10.00. The highest BCUT2D eigenvalue weighted by molar-refractivity contribution is 5.87. The molecule has 0 radical (unpaired) electrons. The van der Waals surface area contributed by atoms with Gasteiger partial charge in [-0.15, -0.1) is 0 Å². The second-order valence-electron chi connectivity index (χ2n) is 15.1. The van der Waals surface area contributed by atoms with Crippen LogP contribution in [-0.2, 0) is 14.3 Å². The van der Waals surface area contributed by atoms with Crippen LogP contribution < -0.4 is 5.32 Å². The number of methoxy groups -OCH3 is 1. The Kier molecular flexibility index (Phi) is 11.8. The second kappa shape index (κ2) is 16.5. The number of halogens is 2. The van der Waals surface area contributed by atoms with Crippen molar-refractivity contribution in [2.45, 2.75) is 77.5 Å². The summed E-state index contributed by atoms with van der Waals surface area (Å²) in [5, 5.41) is 12.2. The molecule has 298 valence electrons. The molecule has 2 saturated heterocycles. The SMILES string of the molecule is COC(=O)N[C@H](C(=O)N1CCCC1c1ncc(-c2ccc(-c3ccc(-c4cnc([C@@H]5CCCN5C(=O)[C@H](C(C)C)N(C)C(=O)O)[nH]4)c(F)c3)cc2F)[nH]1)C(C)C. The molecular formula is C40H48F2N8O6. The Morgan fingerprint density at radius 3 is 1.71 bits per heavy atom. The number of nitrogens with one attached hydrogen (secondary N) is 3. The van der Waals surface area contributed by atoms with Crippen molar-refractivity contribution in [1.82, 2.24) is 40.0 Å². The fraction of sp³-hybridized carbons (Fsp3) is 0.450. The Morgan fingerprint density at radius 1 is 0.821 bits per heavy atom. The number of imidazole rings is 2. The number of amides is 4. The van der Waals surface area contributed by atoms with E-state index in [1.807, 2.05) is 13.8 Å². The predicted octanol–water partition coefficient (Wildman–Crippen LogP) is 6.75. The minimum Gasteiger partial charge on any atom is -0.465 e. The van der Waals surface area contributed by atoms with Gasteiger partial charge in [0.05, 0.1) is 43.0 Å². The summed E-state index contributed by atoms with van der Waals surface area (Å²) in [4.78, 5) is 70.4. The first-order valence-corrected chi connectivity index (χ1v) is 18.8. The van der Waals surface area contributed by atoms with Gasteiger partial charge in [-0.2, -0.15) is 0 Å². The summed E-state index contributed by atoms with van der Waals surface area (Å²) in [5.74, 6) is -1.09. The highest BCUT2D eigenvalue weighted by atomic mass is 19.1. The van der Waals surface area contributed by atoms with E-state index < -0.39 is 41.9 Å². The maximum atomic E-state index is 15.7. The maximum Gasteiger partial charge on any atom is 0.407 e. The maximum absolute atomic E-state index is 15.7. The number of aromatic amines is 2. The molecule has 2 aromatic heterocycles. The lowest BCUT2D eigenvalue weighted by Crippen LogP contribution is -2.51. The van der Waals surface area contributed by atoms with Crippen molar-refractivity contribution in [2.24, 2.45) is 11.8 Å². The van der Waals surface area contributed by atoms with E-state index in [1.54, 1.807) is 47.9 Å². The average molecular weight is 775 g/mol. The molecule has 4 amide bonds. The number of likely N-dealkylation sites (tertiary alicyclic amines) is 2. The smallest absolute Gasteiger partial charge is 0.407 e. The molecule has 14 nitrogen and oxygen atoms in total. The van der Waals surface area contributed by atoms with Crippen molar-refractivity contribution in [3.8, 4) is 33.6 Å². The monoisotopic (exact) mass is 774 g/mol. The number of hydrogen-bond donors (Lipinski definition) is 4. The van der Waals surface area contributed by atoms with E-state index in [0.717, 1.165) is 11.3 Å². The molecule has 4 N–H and O–H groups in total. The minimum absolute atomic E-state index is 0.183. The summed E-state index contributed by atoms with van der Waals surface area (Å²) < 4.78 is 36.1. The van der Waals surface area contributed by atoms with Gasteiger partial charge in [0.15, 0.2) is 0 Å². The van der Waals surface area contributed by atoms with Gasteiger partial charge in [-0.1, -0.05) is 39.8 Å². The van der Waals surface area contributed by atoms with Gasteiger partial charge < -0.3 is 34.9 Å². The number of nitrogens with zero attached hydrogens (tertiary/aromatic N) is 5. The molecule has 1 unspecified atom stereocenters. The first-order valence-electron chi connectivity index (χ1n) is 18.8. The van der Waals surface area contributed by atoms with E-state index in [9.17, 15) is 24.3 Å². The topological polar surface area (TPSA) is 177 Å². The number of ether oxygens (including phenoxy) is 1. The van der Waals surface area contributed by atoms with Crippen molar-refractivity contribution < 1.29 is 37.8 Å². The first kappa shape index (κ1) is 39.9. The number of likely N-dealkylation sites (N-methyl/N-ethyl adjacent to an activating group) is 1. The van der Waals surface area contributed by atoms with E-state index in [0.29, 0.717) is 66.5 Å². The highest BCUT2D eigenvalue weighted by Gasteiger charge is 2.40. The van der Waals surface area contributed by atoms with Crippen molar-refractivity contribution >= 4 is 24.0 Å². The van der Waals surface area contributed by atoms with Crippen LogP contribution in [0, 0.1) is 23.5 Å². The quantitative estimate of drug-likeness (QED) is 0.129. The van der Waals surface area contributed by atoms with Crippen molar-refractivity contribution in [2.75, 3.05) is 27.2 Å². The van der Waals surface area contributed by atoms with Gasteiger partial charge in [0.1, 0.15) is 35.4 Å². The third-order valence-corrected chi connectivity index (χ3v) is 10.7. The number of carbonyl (C=O) groups excluding carboxylic acids is 3. The molecule has 0 spiro atoms. The predicted molar refractivity (Wildman–Crippen MR) is 203 cm³/mol. The number of carbonyl (C=O) groups is 4. The lowest BCUT2D eigenvalue weighted by Gasteiger charge is -2.33. The van der Waals surface area contributed by atoms with Crippen LogP contribution in [0.3, 0.4) is 0 Å². The second-order valence-corrected chi connectivity index (χ2v) is 15.1. The van der Waals surface area contributed by atoms with Crippen LogP contribution in [0.25, 0.3) is 33.6 Å². The van der Waals surface area contributed by atoms with Crippen molar-refractivity contribution in [3.63, 3.8) is 0 Å². The molecule has 0 aliphatic carbocycles. The Morgan fingerprint density at radius 2 is 1.30 bits per heavy atom. The normalized spacial score (nSPS) is 18.0. The Bertz CT molecular complexity index is 2100. The number of aromatic nitrogens is 4. The Hall–Kier alpha value is -5.80. The van der Waals surface area contributed by atoms with Gasteiger partial charge in [-0.3, -0.25) is 14.5 Å². The summed E-state index contributed by atoms with van der Waals surface area (Å²) in [7, 11) is 2.63. The van der Waals surface area contributed by atoms with Gasteiger partial charge >= 0.3 is 12.2 Å². The number of alkyl carbamates (subject to hydrolysis) is 1. The van der Waals surface area contributed by atoms with Crippen molar-refractivity contribution in [1.29, 1.82) is 0 Å². The summed E-state index contributed by atoms with van der Waals surface area (Å²) in [6.45, 7) is 8.22. The summed E-state index contributed by atoms with van der Waals surface area (Å²) in [6.07, 6.45) is 3.87. The van der Waals surface area contributed by atoms with Gasteiger partial charge in [-0.05, 0) is 72.9 Å². The number of hydrogen-bond acceptors (Lipinski definition) is 7. The third-order valence-electron chi connectivity index (χ3n) is 10.7. The number of H-pyrrole nitrogens is 2. The zero-order valence-electron chi connectivity index (χ0n) is 32.3. The van der Waals surface area contributed by atoms with E-state index in [2.05, 4.69) is 25.3 Å². The first-order chi connectivity index (χ1) is 26.7. The zero-order valence-corrected chi connectivity index (χ0v) is 32.3. The fourth-order valence-electron chi connectivity index (χ4n) is 7.81. The molecule has 2 aromatic carbocycles. The number of benzene rings is 2. The molecule has 0 bridgehead atoms. The summed E-state index contributed by atoms with van der Waals surface area (Å²) >= 11 is 0. The van der Waals surface area contributed by atoms with Gasteiger partial charge in [0.2, 0.25) is 11.8 Å². The van der Waals surface area contributed by atoms with E-state index in [4.69, 9.17) is 4.74 Å². The van der Waals surface area contributed by atoms with Crippen LogP contribution in [0.2, 0.25) is 0 Å².